The number of nitrogens with one attached hydrogen (secondary N) is 1. The topological polar surface area (TPSA) is 49.4 Å². The summed E-state index contributed by atoms with van der Waals surface area (Å²) >= 11 is 0. The highest BCUT2D eigenvalue weighted by molar-refractivity contribution is 5.87. The van der Waals surface area contributed by atoms with Crippen LogP contribution in [0.1, 0.15) is 31.2 Å². The molecule has 0 aromatic heterocycles. The molecule has 1 heterocycles. The summed E-state index contributed by atoms with van der Waals surface area (Å²) in [4.78, 5) is 25.6. The molecule has 1 aromatic rings. The zero-order chi connectivity index (χ0) is 16.5. The second kappa shape index (κ2) is 5.91. The number of amides is 2. The number of nitrogens with zero attached hydrogens (tertiary/aromatic N) is 1. The Labute approximate surface area is 133 Å². The minimum Gasteiger partial charge on any atom is -0.354 e. The van der Waals surface area contributed by atoms with Gasteiger partial charge in [-0.2, -0.15) is 8.78 Å². The summed E-state index contributed by atoms with van der Waals surface area (Å²) in [6, 6.07) is 8.29. The molecule has 1 N–H and O–H groups in total. The number of halogens is 2. The van der Waals surface area contributed by atoms with Crippen LogP contribution in [-0.4, -0.2) is 41.3 Å². The molecule has 1 aromatic carbocycles. The average Bonchev–Trinajstić information content (AvgIpc) is 2.65. The smallest absolute Gasteiger partial charge is 0.328 e. The normalized spacial score (nSPS) is 20.6. The molecule has 23 heavy (non-hydrogen) atoms. The molecule has 1 aliphatic heterocycles. The van der Waals surface area contributed by atoms with Crippen LogP contribution in [0.3, 0.4) is 0 Å². The Balaban J connectivity index is 1.81. The van der Waals surface area contributed by atoms with Crippen LogP contribution < -0.4 is 5.32 Å². The molecule has 1 spiro atoms. The quantitative estimate of drug-likeness (QED) is 0.927. The lowest BCUT2D eigenvalue weighted by Crippen LogP contribution is -2.60. The van der Waals surface area contributed by atoms with Gasteiger partial charge in [-0.15, -0.1) is 0 Å². The van der Waals surface area contributed by atoms with Crippen LogP contribution in [0.15, 0.2) is 30.3 Å². The zero-order valence-corrected chi connectivity index (χ0v) is 12.9. The Morgan fingerprint density at radius 2 is 1.96 bits per heavy atom. The lowest BCUT2D eigenvalue weighted by Gasteiger charge is -2.49. The molecule has 2 amide bonds. The standard InChI is InChI=1S/C17H20F2N2O2/c18-17(19,11-13-5-2-1-3-6-13)15(23)21-10-9-20-14(22)12-16(21)7-4-8-16/h1-3,5-6H,4,7-12H2,(H,20,22). The van der Waals surface area contributed by atoms with Crippen LogP contribution in [0, 0.1) is 0 Å². The van der Waals surface area contributed by atoms with Crippen molar-refractivity contribution in [3.05, 3.63) is 35.9 Å². The third-order valence-electron chi connectivity index (χ3n) is 4.83. The maximum Gasteiger partial charge on any atom is 0.328 e. The van der Waals surface area contributed by atoms with Gasteiger partial charge in [0.1, 0.15) is 0 Å². The van der Waals surface area contributed by atoms with Crippen LogP contribution in [0.25, 0.3) is 0 Å². The van der Waals surface area contributed by atoms with E-state index in [0.29, 0.717) is 18.4 Å². The van der Waals surface area contributed by atoms with Gasteiger partial charge in [-0.3, -0.25) is 9.59 Å². The Morgan fingerprint density at radius 1 is 1.26 bits per heavy atom. The molecule has 1 aliphatic carbocycles. The van der Waals surface area contributed by atoms with Gasteiger partial charge in [0.15, 0.2) is 0 Å². The molecule has 1 saturated carbocycles. The van der Waals surface area contributed by atoms with E-state index < -0.39 is 23.8 Å². The zero-order valence-electron chi connectivity index (χ0n) is 12.9. The summed E-state index contributed by atoms with van der Waals surface area (Å²) in [7, 11) is 0. The van der Waals surface area contributed by atoms with Crippen molar-refractivity contribution in [1.29, 1.82) is 0 Å². The second-order valence-corrected chi connectivity index (χ2v) is 6.43. The molecule has 1 saturated heterocycles. The summed E-state index contributed by atoms with van der Waals surface area (Å²) in [6.45, 7) is 0.378. The minimum atomic E-state index is -3.46. The maximum atomic E-state index is 14.5. The average molecular weight is 322 g/mol. The molecule has 0 radical (unpaired) electrons. The summed E-state index contributed by atoms with van der Waals surface area (Å²) in [6.07, 6.45) is 1.61. The third kappa shape index (κ3) is 3.07. The van der Waals surface area contributed by atoms with Crippen molar-refractivity contribution >= 4 is 11.8 Å². The first kappa shape index (κ1) is 15.9. The number of hydrogen-bond acceptors (Lipinski definition) is 2. The van der Waals surface area contributed by atoms with E-state index >= 15 is 0 Å². The first-order valence-electron chi connectivity index (χ1n) is 7.94. The Kier molecular flexibility index (Phi) is 4.08. The molecule has 0 atom stereocenters. The van der Waals surface area contributed by atoms with E-state index in [9.17, 15) is 18.4 Å². The predicted molar refractivity (Wildman–Crippen MR) is 81.0 cm³/mol. The largest absolute Gasteiger partial charge is 0.354 e. The van der Waals surface area contributed by atoms with Crippen molar-refractivity contribution in [3.63, 3.8) is 0 Å². The highest BCUT2D eigenvalue weighted by Gasteiger charge is 2.53. The number of carbonyl (C=O) groups is 2. The van der Waals surface area contributed by atoms with Gasteiger partial charge in [0.25, 0.3) is 5.91 Å². The summed E-state index contributed by atoms with van der Waals surface area (Å²) in [5.41, 5.74) is -0.282. The SMILES string of the molecule is O=C1CC2(CCC2)N(C(=O)C(F)(F)Cc2ccccc2)CCN1. The number of rotatable bonds is 3. The fourth-order valence-electron chi connectivity index (χ4n) is 3.47. The van der Waals surface area contributed by atoms with Crippen molar-refractivity contribution in [2.24, 2.45) is 0 Å². The first-order valence-corrected chi connectivity index (χ1v) is 7.94. The molecule has 3 rings (SSSR count). The fourth-order valence-corrected chi connectivity index (χ4v) is 3.47. The van der Waals surface area contributed by atoms with Crippen LogP contribution in [0.2, 0.25) is 0 Å². The highest BCUT2D eigenvalue weighted by atomic mass is 19.3. The molecular formula is C17H20F2N2O2. The van der Waals surface area contributed by atoms with Gasteiger partial charge < -0.3 is 10.2 Å². The molecule has 2 fully saturated rings. The lowest BCUT2D eigenvalue weighted by molar-refractivity contribution is -0.168. The van der Waals surface area contributed by atoms with Crippen LogP contribution >= 0.6 is 0 Å². The number of alkyl halides is 2. The second-order valence-electron chi connectivity index (χ2n) is 6.43. The monoisotopic (exact) mass is 322 g/mol. The molecule has 6 heteroatoms. The Hall–Kier alpha value is -1.98. The number of hydrogen-bond donors (Lipinski definition) is 1. The highest BCUT2D eigenvalue weighted by Crippen LogP contribution is 2.43. The summed E-state index contributed by atoms with van der Waals surface area (Å²) in [5, 5.41) is 2.68. The van der Waals surface area contributed by atoms with Crippen molar-refractivity contribution in [1.82, 2.24) is 10.2 Å². The van der Waals surface area contributed by atoms with E-state index in [1.54, 1.807) is 30.3 Å². The van der Waals surface area contributed by atoms with E-state index in [0.717, 1.165) is 6.42 Å². The van der Waals surface area contributed by atoms with Gasteiger partial charge in [0.05, 0.1) is 5.54 Å². The fraction of sp³-hybridized carbons (Fsp3) is 0.529. The Bertz CT molecular complexity index is 600. The molecule has 2 aliphatic rings. The molecule has 0 unspecified atom stereocenters. The summed E-state index contributed by atoms with van der Waals surface area (Å²) in [5.74, 6) is -4.78. The first-order chi connectivity index (χ1) is 10.9. The van der Waals surface area contributed by atoms with Gasteiger partial charge >= 0.3 is 5.92 Å². The minimum absolute atomic E-state index is 0.125. The van der Waals surface area contributed by atoms with Gasteiger partial charge in [-0.05, 0) is 24.8 Å². The van der Waals surface area contributed by atoms with Crippen molar-refractivity contribution < 1.29 is 18.4 Å². The number of benzene rings is 1. The third-order valence-corrected chi connectivity index (χ3v) is 4.83. The van der Waals surface area contributed by atoms with E-state index in [4.69, 9.17) is 0 Å². The Morgan fingerprint density at radius 3 is 2.57 bits per heavy atom. The van der Waals surface area contributed by atoms with E-state index in [-0.39, 0.29) is 25.4 Å². The molecule has 0 bridgehead atoms. The van der Waals surface area contributed by atoms with Crippen molar-refractivity contribution in [2.75, 3.05) is 13.1 Å². The van der Waals surface area contributed by atoms with Gasteiger partial charge in [-0.1, -0.05) is 30.3 Å². The summed E-state index contributed by atoms with van der Waals surface area (Å²) < 4.78 is 29.0. The van der Waals surface area contributed by atoms with E-state index in [1.807, 2.05) is 0 Å². The van der Waals surface area contributed by atoms with E-state index in [2.05, 4.69) is 5.32 Å². The van der Waals surface area contributed by atoms with Gasteiger partial charge in [-0.25, -0.2) is 0 Å². The van der Waals surface area contributed by atoms with Crippen LogP contribution in [-0.2, 0) is 16.0 Å². The van der Waals surface area contributed by atoms with Crippen molar-refractivity contribution in [2.45, 2.75) is 43.6 Å². The molecule has 4 nitrogen and oxygen atoms in total. The van der Waals surface area contributed by atoms with E-state index in [1.165, 1.54) is 4.90 Å². The van der Waals surface area contributed by atoms with Gasteiger partial charge in [0.2, 0.25) is 5.91 Å². The van der Waals surface area contributed by atoms with Crippen molar-refractivity contribution in [3.8, 4) is 0 Å². The van der Waals surface area contributed by atoms with Crippen LogP contribution in [0.5, 0.6) is 0 Å². The number of carbonyl (C=O) groups excluding carboxylic acids is 2. The van der Waals surface area contributed by atoms with Crippen LogP contribution in [0.4, 0.5) is 8.78 Å². The molecule has 124 valence electrons. The lowest BCUT2D eigenvalue weighted by atomic mass is 9.72. The maximum absolute atomic E-state index is 14.5. The molecular weight excluding hydrogens is 302 g/mol. The van der Waals surface area contributed by atoms with Gasteiger partial charge in [0, 0.05) is 25.9 Å². The predicted octanol–water partition coefficient (Wildman–Crippen LogP) is 2.14.